The lowest BCUT2D eigenvalue weighted by Crippen LogP contribution is -2.28. The van der Waals surface area contributed by atoms with Gasteiger partial charge in [0.25, 0.3) is 0 Å². The number of aryl methyl sites for hydroxylation is 1. The molecule has 1 aromatic rings. The third-order valence-corrected chi connectivity index (χ3v) is 3.82. The summed E-state index contributed by atoms with van der Waals surface area (Å²) in [6, 6.07) is 8.71. The molecule has 18 heavy (non-hydrogen) atoms. The third-order valence-electron chi connectivity index (χ3n) is 3.82. The van der Waals surface area contributed by atoms with Crippen LogP contribution in [0, 0.1) is 11.8 Å². The molecule has 0 aromatic heterocycles. The van der Waals surface area contributed by atoms with Crippen LogP contribution < -0.4 is 5.32 Å². The molecule has 2 heteroatoms. The Morgan fingerprint density at radius 3 is 2.50 bits per heavy atom. The molecule has 0 aliphatic heterocycles. The van der Waals surface area contributed by atoms with E-state index in [1.165, 1.54) is 17.5 Å². The minimum atomic E-state index is 0.112. The highest BCUT2D eigenvalue weighted by atomic mass is 16.2. The Balaban J connectivity index is 1.91. The molecule has 1 amide bonds. The van der Waals surface area contributed by atoms with E-state index in [0.717, 1.165) is 12.8 Å². The molecular formula is C16H23NO. The molecule has 1 aliphatic carbocycles. The SMILES string of the molecule is CCCc1ccc([C@@H](C)NC(=O)[C@H]2C[C@@H]2C)cc1. The Morgan fingerprint density at radius 2 is 2.00 bits per heavy atom. The summed E-state index contributed by atoms with van der Waals surface area (Å²) >= 11 is 0. The van der Waals surface area contributed by atoms with Crippen molar-refractivity contribution in [2.24, 2.45) is 11.8 Å². The number of hydrogen-bond donors (Lipinski definition) is 1. The second-order valence-electron chi connectivity index (χ2n) is 5.54. The molecule has 1 saturated carbocycles. The van der Waals surface area contributed by atoms with Gasteiger partial charge in [0.2, 0.25) is 5.91 Å². The quantitative estimate of drug-likeness (QED) is 0.845. The Labute approximate surface area is 110 Å². The van der Waals surface area contributed by atoms with Gasteiger partial charge in [-0.15, -0.1) is 0 Å². The molecule has 2 nitrogen and oxygen atoms in total. The summed E-state index contributed by atoms with van der Waals surface area (Å²) in [5, 5.41) is 3.10. The zero-order chi connectivity index (χ0) is 13.1. The van der Waals surface area contributed by atoms with E-state index >= 15 is 0 Å². The van der Waals surface area contributed by atoms with Crippen LogP contribution in [-0.4, -0.2) is 5.91 Å². The van der Waals surface area contributed by atoms with Crippen molar-refractivity contribution in [3.05, 3.63) is 35.4 Å². The lowest BCUT2D eigenvalue weighted by Gasteiger charge is -2.14. The summed E-state index contributed by atoms with van der Waals surface area (Å²) in [6.45, 7) is 6.38. The van der Waals surface area contributed by atoms with Gasteiger partial charge in [-0.25, -0.2) is 0 Å². The summed E-state index contributed by atoms with van der Waals surface area (Å²) in [5.41, 5.74) is 2.56. The summed E-state index contributed by atoms with van der Waals surface area (Å²) < 4.78 is 0. The normalized spacial score (nSPS) is 23.5. The lowest BCUT2D eigenvalue weighted by atomic mass is 10.0. The van der Waals surface area contributed by atoms with Crippen LogP contribution in [0.5, 0.6) is 0 Å². The molecule has 1 N–H and O–H groups in total. The molecule has 0 bridgehead atoms. The van der Waals surface area contributed by atoms with Gasteiger partial charge in [-0.05, 0) is 36.8 Å². The van der Waals surface area contributed by atoms with E-state index in [4.69, 9.17) is 0 Å². The summed E-state index contributed by atoms with van der Waals surface area (Å²) in [4.78, 5) is 11.9. The molecule has 1 fully saturated rings. The molecule has 2 rings (SSSR count). The predicted octanol–water partition coefficient (Wildman–Crippen LogP) is 3.47. The molecule has 1 aromatic carbocycles. The number of rotatable bonds is 5. The fraction of sp³-hybridized carbons (Fsp3) is 0.562. The van der Waals surface area contributed by atoms with Crippen LogP contribution in [0.15, 0.2) is 24.3 Å². The van der Waals surface area contributed by atoms with Gasteiger partial charge < -0.3 is 5.32 Å². The first kappa shape index (κ1) is 13.1. The molecule has 1 aliphatic rings. The number of carbonyl (C=O) groups excluding carboxylic acids is 1. The molecule has 0 radical (unpaired) electrons. The summed E-state index contributed by atoms with van der Waals surface area (Å²) in [7, 11) is 0. The molecule has 0 unspecified atom stereocenters. The van der Waals surface area contributed by atoms with E-state index in [1.54, 1.807) is 0 Å². The van der Waals surface area contributed by atoms with Crippen LogP contribution in [0.3, 0.4) is 0 Å². The van der Waals surface area contributed by atoms with E-state index in [1.807, 2.05) is 0 Å². The smallest absolute Gasteiger partial charge is 0.223 e. The monoisotopic (exact) mass is 245 g/mol. The van der Waals surface area contributed by atoms with Crippen LogP contribution in [0.2, 0.25) is 0 Å². The molecular weight excluding hydrogens is 222 g/mol. The van der Waals surface area contributed by atoms with Gasteiger partial charge in [0.05, 0.1) is 6.04 Å². The van der Waals surface area contributed by atoms with Gasteiger partial charge in [0, 0.05) is 5.92 Å². The summed E-state index contributed by atoms with van der Waals surface area (Å²) in [5.74, 6) is 1.04. The lowest BCUT2D eigenvalue weighted by molar-refractivity contribution is -0.123. The number of carbonyl (C=O) groups is 1. The second-order valence-corrected chi connectivity index (χ2v) is 5.54. The van der Waals surface area contributed by atoms with Crippen molar-refractivity contribution < 1.29 is 4.79 Å². The first-order chi connectivity index (χ1) is 8.61. The fourth-order valence-corrected chi connectivity index (χ4v) is 2.35. The molecule has 0 saturated heterocycles. The zero-order valence-electron chi connectivity index (χ0n) is 11.6. The maximum atomic E-state index is 11.9. The second kappa shape index (κ2) is 5.55. The predicted molar refractivity (Wildman–Crippen MR) is 74.3 cm³/mol. The molecule has 0 spiro atoms. The van der Waals surface area contributed by atoms with Crippen molar-refractivity contribution in [2.75, 3.05) is 0 Å². The van der Waals surface area contributed by atoms with Gasteiger partial charge in [-0.2, -0.15) is 0 Å². The van der Waals surface area contributed by atoms with Crippen molar-refractivity contribution in [2.45, 2.75) is 46.1 Å². The minimum absolute atomic E-state index is 0.112. The van der Waals surface area contributed by atoms with Gasteiger partial charge in [-0.3, -0.25) is 4.79 Å². The van der Waals surface area contributed by atoms with E-state index < -0.39 is 0 Å². The van der Waals surface area contributed by atoms with Gasteiger partial charge >= 0.3 is 0 Å². The highest BCUT2D eigenvalue weighted by molar-refractivity contribution is 5.81. The zero-order valence-corrected chi connectivity index (χ0v) is 11.6. The van der Waals surface area contributed by atoms with E-state index in [0.29, 0.717) is 5.92 Å². The molecule has 3 atom stereocenters. The van der Waals surface area contributed by atoms with Crippen molar-refractivity contribution in [3.63, 3.8) is 0 Å². The molecule has 98 valence electrons. The maximum absolute atomic E-state index is 11.9. The first-order valence-electron chi connectivity index (χ1n) is 7.01. The highest BCUT2D eigenvalue weighted by Gasteiger charge is 2.39. The van der Waals surface area contributed by atoms with Crippen LogP contribution in [0.1, 0.15) is 50.8 Å². The van der Waals surface area contributed by atoms with Crippen molar-refractivity contribution in [1.29, 1.82) is 0 Å². The number of amides is 1. The van der Waals surface area contributed by atoms with E-state index in [9.17, 15) is 4.79 Å². The Kier molecular flexibility index (Phi) is 4.05. The van der Waals surface area contributed by atoms with E-state index in [2.05, 4.69) is 50.4 Å². The van der Waals surface area contributed by atoms with Crippen LogP contribution >= 0.6 is 0 Å². The maximum Gasteiger partial charge on any atom is 0.223 e. The van der Waals surface area contributed by atoms with Crippen molar-refractivity contribution in [3.8, 4) is 0 Å². The number of hydrogen-bond acceptors (Lipinski definition) is 1. The van der Waals surface area contributed by atoms with Gasteiger partial charge in [0.1, 0.15) is 0 Å². The number of nitrogens with one attached hydrogen (secondary N) is 1. The van der Waals surface area contributed by atoms with Crippen LogP contribution in [0.25, 0.3) is 0 Å². The minimum Gasteiger partial charge on any atom is -0.349 e. The summed E-state index contributed by atoms with van der Waals surface area (Å²) in [6.07, 6.45) is 3.35. The van der Waals surface area contributed by atoms with Gasteiger partial charge in [-0.1, -0.05) is 44.5 Å². The molecule has 0 heterocycles. The fourth-order valence-electron chi connectivity index (χ4n) is 2.35. The number of benzene rings is 1. The van der Waals surface area contributed by atoms with Crippen LogP contribution in [-0.2, 0) is 11.2 Å². The largest absolute Gasteiger partial charge is 0.349 e. The van der Waals surface area contributed by atoms with E-state index in [-0.39, 0.29) is 17.9 Å². The highest BCUT2D eigenvalue weighted by Crippen LogP contribution is 2.38. The van der Waals surface area contributed by atoms with Gasteiger partial charge in [0.15, 0.2) is 0 Å². The Morgan fingerprint density at radius 1 is 1.39 bits per heavy atom. The Hall–Kier alpha value is -1.31. The Bertz CT molecular complexity index is 410. The average molecular weight is 245 g/mol. The standard InChI is InChI=1S/C16H23NO/c1-4-5-13-6-8-14(9-7-13)12(3)17-16(18)15-10-11(15)2/h6-9,11-12,15H,4-5,10H2,1-3H3,(H,17,18)/t11-,12+,15-/m0/s1. The van der Waals surface area contributed by atoms with Crippen molar-refractivity contribution in [1.82, 2.24) is 5.32 Å². The topological polar surface area (TPSA) is 29.1 Å². The average Bonchev–Trinajstić information content (AvgIpc) is 3.08. The first-order valence-corrected chi connectivity index (χ1v) is 7.01. The van der Waals surface area contributed by atoms with Crippen LogP contribution in [0.4, 0.5) is 0 Å². The van der Waals surface area contributed by atoms with Crippen molar-refractivity contribution >= 4 is 5.91 Å². The third kappa shape index (κ3) is 3.12.